The number of carbonyl (C=O) groups is 3. The number of alkyl carbamates (subject to hydrolysis) is 1. The van der Waals surface area contributed by atoms with Crippen LogP contribution < -0.4 is 5.32 Å². The highest BCUT2D eigenvalue weighted by molar-refractivity contribution is 5.84. The molecule has 1 fully saturated rings. The minimum Gasteiger partial charge on any atom is -0.480 e. The van der Waals surface area contributed by atoms with Crippen molar-refractivity contribution < 1.29 is 24.2 Å². The molecule has 0 radical (unpaired) electrons. The molecule has 7 heteroatoms. The van der Waals surface area contributed by atoms with Crippen LogP contribution in [0.4, 0.5) is 4.79 Å². The van der Waals surface area contributed by atoms with E-state index in [4.69, 9.17) is 4.74 Å². The van der Waals surface area contributed by atoms with Gasteiger partial charge < -0.3 is 20.1 Å². The van der Waals surface area contributed by atoms with Gasteiger partial charge in [-0.2, -0.15) is 0 Å². The lowest BCUT2D eigenvalue weighted by molar-refractivity contribution is -0.150. The van der Waals surface area contributed by atoms with Crippen LogP contribution in [0.3, 0.4) is 0 Å². The van der Waals surface area contributed by atoms with Crippen molar-refractivity contribution in [2.45, 2.75) is 64.0 Å². The molecule has 0 aromatic heterocycles. The van der Waals surface area contributed by atoms with Crippen molar-refractivity contribution in [2.24, 2.45) is 5.92 Å². The van der Waals surface area contributed by atoms with E-state index in [1.165, 1.54) is 4.90 Å². The van der Waals surface area contributed by atoms with Gasteiger partial charge in [-0.15, -0.1) is 0 Å². The lowest BCUT2D eigenvalue weighted by Crippen LogP contribution is -2.48. The number of fused-ring (bicyclic) bond motifs is 3. The van der Waals surface area contributed by atoms with Gasteiger partial charge in [0, 0.05) is 24.9 Å². The summed E-state index contributed by atoms with van der Waals surface area (Å²) >= 11 is 0. The van der Waals surface area contributed by atoms with Crippen LogP contribution in [0.25, 0.3) is 11.1 Å². The van der Waals surface area contributed by atoms with E-state index in [1.807, 2.05) is 38.1 Å². The molecule has 0 saturated carbocycles. The third kappa shape index (κ3) is 5.50. The van der Waals surface area contributed by atoms with Crippen LogP contribution in [0.5, 0.6) is 0 Å². The highest BCUT2D eigenvalue weighted by Gasteiger charge is 2.33. The summed E-state index contributed by atoms with van der Waals surface area (Å²) in [6.45, 7) is 4.50. The average Bonchev–Trinajstić information content (AvgIpc) is 2.97. The van der Waals surface area contributed by atoms with Gasteiger partial charge in [-0.1, -0.05) is 75.2 Å². The predicted molar refractivity (Wildman–Crippen MR) is 133 cm³/mol. The second kappa shape index (κ2) is 10.9. The van der Waals surface area contributed by atoms with Gasteiger partial charge in [0.2, 0.25) is 5.91 Å². The fourth-order valence-corrected chi connectivity index (χ4v) is 5.21. The van der Waals surface area contributed by atoms with Crippen molar-refractivity contribution in [1.29, 1.82) is 0 Å². The fourth-order valence-electron chi connectivity index (χ4n) is 5.21. The molecule has 186 valence electrons. The Balaban J connectivity index is 1.39. The van der Waals surface area contributed by atoms with E-state index in [0.717, 1.165) is 41.5 Å². The number of hydrogen-bond donors (Lipinski definition) is 2. The van der Waals surface area contributed by atoms with E-state index >= 15 is 0 Å². The Morgan fingerprint density at radius 1 is 1.00 bits per heavy atom. The monoisotopic (exact) mass is 478 g/mol. The van der Waals surface area contributed by atoms with Gasteiger partial charge in [0.05, 0.1) is 0 Å². The molecule has 1 aliphatic heterocycles. The molecular formula is C28H34N2O5. The molecule has 2 aromatic carbocycles. The van der Waals surface area contributed by atoms with E-state index in [9.17, 15) is 19.5 Å². The van der Waals surface area contributed by atoms with Gasteiger partial charge in [-0.05, 0) is 41.0 Å². The number of aliphatic carboxylic acids is 1. The summed E-state index contributed by atoms with van der Waals surface area (Å²) in [6.07, 6.45) is 2.45. The molecule has 0 spiro atoms. The number of carbonyl (C=O) groups excluding carboxylic acids is 2. The number of likely N-dealkylation sites (tertiary alicyclic amines) is 1. The maximum Gasteiger partial charge on any atom is 0.407 e. The summed E-state index contributed by atoms with van der Waals surface area (Å²) in [5, 5.41) is 12.5. The zero-order valence-electron chi connectivity index (χ0n) is 20.4. The molecule has 2 aromatic rings. The Labute approximate surface area is 206 Å². The molecule has 1 aliphatic carbocycles. The highest BCUT2D eigenvalue weighted by atomic mass is 16.5. The molecule has 1 unspecified atom stereocenters. The van der Waals surface area contributed by atoms with Crippen LogP contribution in [-0.2, 0) is 14.3 Å². The minimum absolute atomic E-state index is 0.0188. The molecule has 0 bridgehead atoms. The van der Waals surface area contributed by atoms with Gasteiger partial charge in [-0.25, -0.2) is 9.59 Å². The summed E-state index contributed by atoms with van der Waals surface area (Å²) < 4.78 is 5.66. The van der Waals surface area contributed by atoms with Crippen molar-refractivity contribution >= 4 is 18.0 Å². The van der Waals surface area contributed by atoms with Gasteiger partial charge in [0.25, 0.3) is 0 Å². The number of rotatable bonds is 7. The normalized spacial score (nSPS) is 18.4. The number of hydrogen-bond acceptors (Lipinski definition) is 4. The molecule has 7 nitrogen and oxygen atoms in total. The number of carboxylic acids is 1. The second-order valence-corrected chi connectivity index (χ2v) is 9.82. The van der Waals surface area contributed by atoms with Crippen molar-refractivity contribution in [3.8, 4) is 11.1 Å². The largest absolute Gasteiger partial charge is 0.480 e. The van der Waals surface area contributed by atoms with E-state index in [0.29, 0.717) is 13.0 Å². The number of nitrogens with one attached hydrogen (secondary N) is 1. The van der Waals surface area contributed by atoms with Crippen LogP contribution in [0, 0.1) is 5.92 Å². The SMILES string of the molecule is CC(C)[C@@H](CC(=O)N1CCCCCC1C(=O)O)NC(=O)OCC1c2ccccc2-c2ccccc21. The zero-order chi connectivity index (χ0) is 24.9. The van der Waals surface area contributed by atoms with Crippen molar-refractivity contribution in [3.63, 3.8) is 0 Å². The smallest absolute Gasteiger partial charge is 0.407 e. The Morgan fingerprint density at radius 3 is 2.23 bits per heavy atom. The first-order chi connectivity index (χ1) is 16.9. The molecule has 1 saturated heterocycles. The van der Waals surface area contributed by atoms with Crippen LogP contribution in [-0.4, -0.2) is 53.2 Å². The van der Waals surface area contributed by atoms with Crippen molar-refractivity contribution in [3.05, 3.63) is 59.7 Å². The fraction of sp³-hybridized carbons (Fsp3) is 0.464. The number of amides is 2. The first-order valence-electron chi connectivity index (χ1n) is 12.5. The lowest BCUT2D eigenvalue weighted by atomic mass is 9.98. The predicted octanol–water partition coefficient (Wildman–Crippen LogP) is 4.80. The Kier molecular flexibility index (Phi) is 7.73. The Morgan fingerprint density at radius 2 is 1.63 bits per heavy atom. The molecule has 4 rings (SSSR count). The first-order valence-corrected chi connectivity index (χ1v) is 12.5. The maximum absolute atomic E-state index is 13.1. The van der Waals surface area contributed by atoms with E-state index in [1.54, 1.807) is 0 Å². The Hall–Kier alpha value is -3.35. The topological polar surface area (TPSA) is 95.9 Å². The van der Waals surface area contributed by atoms with Gasteiger partial charge in [0.1, 0.15) is 12.6 Å². The summed E-state index contributed by atoms with van der Waals surface area (Å²) in [6, 6.07) is 15.1. The summed E-state index contributed by atoms with van der Waals surface area (Å²) in [5.74, 6) is -1.27. The number of ether oxygens (including phenoxy) is 1. The van der Waals surface area contributed by atoms with Crippen LogP contribution in [0.15, 0.2) is 48.5 Å². The van der Waals surface area contributed by atoms with Gasteiger partial charge in [-0.3, -0.25) is 4.79 Å². The summed E-state index contributed by atoms with van der Waals surface area (Å²) in [4.78, 5) is 39.0. The summed E-state index contributed by atoms with van der Waals surface area (Å²) in [7, 11) is 0. The average molecular weight is 479 g/mol. The van der Waals surface area contributed by atoms with E-state index in [-0.39, 0.29) is 30.8 Å². The molecule has 2 amide bonds. The highest BCUT2D eigenvalue weighted by Crippen LogP contribution is 2.44. The molecule has 1 heterocycles. The summed E-state index contributed by atoms with van der Waals surface area (Å²) in [5.41, 5.74) is 4.59. The number of nitrogens with zero attached hydrogens (tertiary/aromatic N) is 1. The molecular weight excluding hydrogens is 444 g/mol. The number of benzene rings is 2. The molecule has 2 atom stereocenters. The Bertz CT molecular complexity index is 1040. The van der Waals surface area contributed by atoms with Crippen molar-refractivity contribution in [1.82, 2.24) is 10.2 Å². The van der Waals surface area contributed by atoms with Gasteiger partial charge in [0.15, 0.2) is 0 Å². The van der Waals surface area contributed by atoms with Crippen LogP contribution in [0.2, 0.25) is 0 Å². The lowest BCUT2D eigenvalue weighted by Gasteiger charge is -2.30. The van der Waals surface area contributed by atoms with Crippen molar-refractivity contribution in [2.75, 3.05) is 13.2 Å². The molecule has 2 aliphatic rings. The second-order valence-electron chi connectivity index (χ2n) is 9.82. The van der Waals surface area contributed by atoms with Gasteiger partial charge >= 0.3 is 12.1 Å². The first kappa shape index (κ1) is 24.8. The quantitative estimate of drug-likeness (QED) is 0.596. The third-order valence-electron chi connectivity index (χ3n) is 7.20. The van der Waals surface area contributed by atoms with E-state index in [2.05, 4.69) is 29.6 Å². The van der Waals surface area contributed by atoms with Crippen LogP contribution >= 0.6 is 0 Å². The molecule has 35 heavy (non-hydrogen) atoms. The molecule has 2 N–H and O–H groups in total. The zero-order valence-corrected chi connectivity index (χ0v) is 20.4. The third-order valence-corrected chi connectivity index (χ3v) is 7.20. The maximum atomic E-state index is 13.1. The standard InChI is InChI=1S/C28H34N2O5/c1-18(2)24(16-26(31)30-15-9-3-4-14-25(30)27(32)33)29-28(34)35-17-23-21-12-7-5-10-19(21)20-11-6-8-13-22(20)23/h5-8,10-13,18,23-25H,3-4,9,14-17H2,1-2H3,(H,29,34)(H,32,33)/t24-,25?/m1/s1. The van der Waals surface area contributed by atoms with E-state index < -0.39 is 24.1 Å². The minimum atomic E-state index is -0.967. The van der Waals surface area contributed by atoms with Crippen LogP contribution in [0.1, 0.15) is 63.0 Å². The number of carboxylic acid groups (broad SMARTS) is 1.